The zero-order chi connectivity index (χ0) is 17.9. The minimum atomic E-state index is 0.301. The third-order valence-corrected chi connectivity index (χ3v) is 4.40. The van der Waals surface area contributed by atoms with Crippen LogP contribution in [0.3, 0.4) is 0 Å². The molecule has 0 atom stereocenters. The number of morpholine rings is 1. The predicted octanol–water partition coefficient (Wildman–Crippen LogP) is 1.85. The van der Waals surface area contributed by atoms with Gasteiger partial charge in [-0.2, -0.15) is 9.67 Å². The first-order valence-corrected chi connectivity index (χ1v) is 8.53. The van der Waals surface area contributed by atoms with Crippen LogP contribution >= 0.6 is 0 Å². The van der Waals surface area contributed by atoms with Crippen molar-refractivity contribution in [1.29, 1.82) is 0 Å². The molecule has 0 radical (unpaired) electrons. The maximum atomic E-state index is 6.02. The highest BCUT2D eigenvalue weighted by molar-refractivity contribution is 5.62. The molecular formula is C18H21N7O. The van der Waals surface area contributed by atoms with E-state index in [2.05, 4.69) is 44.2 Å². The molecule has 1 aliphatic heterocycles. The predicted molar refractivity (Wildman–Crippen MR) is 101 cm³/mol. The zero-order valence-electron chi connectivity index (χ0n) is 14.6. The third-order valence-electron chi connectivity index (χ3n) is 4.40. The number of ether oxygens (including phenoxy) is 1. The van der Waals surface area contributed by atoms with Crippen LogP contribution < -0.4 is 15.5 Å². The Labute approximate surface area is 151 Å². The quantitative estimate of drug-likeness (QED) is 0.768. The molecule has 1 fully saturated rings. The van der Waals surface area contributed by atoms with Gasteiger partial charge in [0.05, 0.1) is 13.2 Å². The molecule has 8 nitrogen and oxygen atoms in total. The molecule has 134 valence electrons. The summed E-state index contributed by atoms with van der Waals surface area (Å²) in [4.78, 5) is 12.8. The van der Waals surface area contributed by atoms with E-state index in [9.17, 15) is 0 Å². The van der Waals surface area contributed by atoms with Crippen LogP contribution in [-0.4, -0.2) is 53.1 Å². The SMILES string of the molecule is CN(c1ccc(N2CCOCC2)cc1)c1nc(N)n(-c2ccccn2)n1. The van der Waals surface area contributed by atoms with Gasteiger partial charge in [0.15, 0.2) is 5.82 Å². The van der Waals surface area contributed by atoms with Crippen molar-refractivity contribution in [2.45, 2.75) is 0 Å². The molecule has 0 saturated carbocycles. The van der Waals surface area contributed by atoms with E-state index in [1.165, 1.54) is 10.4 Å². The van der Waals surface area contributed by atoms with Crippen LogP contribution in [0.4, 0.5) is 23.3 Å². The van der Waals surface area contributed by atoms with Gasteiger partial charge in [0.1, 0.15) is 0 Å². The molecule has 3 heterocycles. The van der Waals surface area contributed by atoms with Crippen molar-refractivity contribution in [2.24, 2.45) is 0 Å². The summed E-state index contributed by atoms with van der Waals surface area (Å²) in [5.74, 6) is 1.46. The lowest BCUT2D eigenvalue weighted by Gasteiger charge is -2.29. The largest absolute Gasteiger partial charge is 0.378 e. The van der Waals surface area contributed by atoms with Crippen molar-refractivity contribution in [3.63, 3.8) is 0 Å². The number of hydrogen-bond acceptors (Lipinski definition) is 7. The van der Waals surface area contributed by atoms with Gasteiger partial charge in [0.25, 0.3) is 5.95 Å². The van der Waals surface area contributed by atoms with Gasteiger partial charge in [-0.15, -0.1) is 5.10 Å². The smallest absolute Gasteiger partial charge is 0.251 e. The highest BCUT2D eigenvalue weighted by Gasteiger charge is 2.15. The first-order valence-electron chi connectivity index (χ1n) is 8.53. The molecule has 1 aromatic carbocycles. The van der Waals surface area contributed by atoms with E-state index in [-0.39, 0.29) is 0 Å². The van der Waals surface area contributed by atoms with Gasteiger partial charge in [-0.25, -0.2) is 4.98 Å². The standard InChI is InChI=1S/C18H21N7O/c1-23(14-5-7-15(8-6-14)24-10-12-26-13-11-24)18-21-17(19)25(22-18)16-4-2-3-9-20-16/h2-9H,10-13H2,1H3,(H2,19,21,22). The summed E-state index contributed by atoms with van der Waals surface area (Å²) in [6.45, 7) is 3.38. The first-order chi connectivity index (χ1) is 12.7. The fraction of sp³-hybridized carbons (Fsp3) is 0.278. The zero-order valence-corrected chi connectivity index (χ0v) is 14.6. The van der Waals surface area contributed by atoms with E-state index >= 15 is 0 Å². The first kappa shape index (κ1) is 16.3. The summed E-state index contributed by atoms with van der Waals surface area (Å²) in [6.07, 6.45) is 1.70. The maximum Gasteiger partial charge on any atom is 0.251 e. The van der Waals surface area contributed by atoms with Crippen molar-refractivity contribution in [3.05, 3.63) is 48.7 Å². The van der Waals surface area contributed by atoms with Crippen molar-refractivity contribution in [3.8, 4) is 5.82 Å². The summed E-state index contributed by atoms with van der Waals surface area (Å²) in [5, 5.41) is 4.49. The number of nitrogen functional groups attached to an aromatic ring is 1. The fourth-order valence-electron chi connectivity index (χ4n) is 2.93. The van der Waals surface area contributed by atoms with Gasteiger partial charge in [0.2, 0.25) is 5.95 Å². The number of benzene rings is 1. The highest BCUT2D eigenvalue weighted by atomic mass is 16.5. The van der Waals surface area contributed by atoms with Crippen molar-refractivity contribution in [2.75, 3.05) is 48.9 Å². The third kappa shape index (κ3) is 3.18. The molecule has 2 aromatic heterocycles. The lowest BCUT2D eigenvalue weighted by atomic mass is 10.2. The molecular weight excluding hydrogens is 330 g/mol. The highest BCUT2D eigenvalue weighted by Crippen LogP contribution is 2.25. The van der Waals surface area contributed by atoms with Crippen LogP contribution in [0, 0.1) is 0 Å². The molecule has 1 aliphatic rings. The Hall–Kier alpha value is -3.13. The summed E-state index contributed by atoms with van der Waals surface area (Å²) >= 11 is 0. The summed E-state index contributed by atoms with van der Waals surface area (Å²) < 4.78 is 6.94. The molecule has 3 aromatic rings. The van der Waals surface area contributed by atoms with Crippen LogP contribution in [0.5, 0.6) is 0 Å². The van der Waals surface area contributed by atoms with Gasteiger partial charge in [0, 0.05) is 37.7 Å². The average Bonchev–Trinajstić information content (AvgIpc) is 3.10. The van der Waals surface area contributed by atoms with Crippen LogP contribution in [0.25, 0.3) is 5.82 Å². The molecule has 0 aliphatic carbocycles. The number of aromatic nitrogens is 4. The van der Waals surface area contributed by atoms with Crippen molar-refractivity contribution < 1.29 is 4.74 Å². The lowest BCUT2D eigenvalue weighted by Crippen LogP contribution is -2.36. The summed E-state index contributed by atoms with van der Waals surface area (Å²) in [5.41, 5.74) is 8.19. The Morgan fingerprint density at radius 2 is 1.85 bits per heavy atom. The Morgan fingerprint density at radius 3 is 2.54 bits per heavy atom. The Bertz CT molecular complexity index is 857. The molecule has 2 N–H and O–H groups in total. The van der Waals surface area contributed by atoms with Crippen molar-refractivity contribution in [1.82, 2.24) is 19.7 Å². The number of hydrogen-bond donors (Lipinski definition) is 1. The molecule has 26 heavy (non-hydrogen) atoms. The molecule has 0 spiro atoms. The topological polar surface area (TPSA) is 85.3 Å². The number of pyridine rings is 1. The number of nitrogens with zero attached hydrogens (tertiary/aromatic N) is 6. The molecule has 4 rings (SSSR count). The summed E-state index contributed by atoms with van der Waals surface area (Å²) in [6, 6.07) is 13.9. The van der Waals surface area contributed by atoms with E-state index in [0.717, 1.165) is 32.0 Å². The van der Waals surface area contributed by atoms with E-state index in [1.807, 2.05) is 30.1 Å². The second-order valence-electron chi connectivity index (χ2n) is 6.04. The number of nitrogens with two attached hydrogens (primary N) is 1. The number of rotatable bonds is 4. The van der Waals surface area contributed by atoms with E-state index in [0.29, 0.717) is 17.7 Å². The van der Waals surface area contributed by atoms with Gasteiger partial charge < -0.3 is 20.3 Å². The average molecular weight is 351 g/mol. The molecule has 1 saturated heterocycles. The Kier molecular flexibility index (Phi) is 4.40. The maximum absolute atomic E-state index is 6.02. The van der Waals surface area contributed by atoms with Gasteiger partial charge in [-0.05, 0) is 36.4 Å². The second-order valence-corrected chi connectivity index (χ2v) is 6.04. The monoisotopic (exact) mass is 351 g/mol. The summed E-state index contributed by atoms with van der Waals surface area (Å²) in [7, 11) is 1.92. The van der Waals surface area contributed by atoms with Gasteiger partial charge in [-0.3, -0.25) is 0 Å². The second kappa shape index (κ2) is 7.01. The minimum Gasteiger partial charge on any atom is -0.378 e. The number of anilines is 4. The lowest BCUT2D eigenvalue weighted by molar-refractivity contribution is 0.122. The van der Waals surface area contributed by atoms with Crippen LogP contribution in [0.2, 0.25) is 0 Å². The molecule has 0 amide bonds. The van der Waals surface area contributed by atoms with Crippen molar-refractivity contribution >= 4 is 23.3 Å². The normalized spacial score (nSPS) is 14.4. The van der Waals surface area contributed by atoms with E-state index in [4.69, 9.17) is 10.5 Å². The Balaban J connectivity index is 1.55. The van der Waals surface area contributed by atoms with Gasteiger partial charge >= 0.3 is 0 Å². The van der Waals surface area contributed by atoms with Gasteiger partial charge in [-0.1, -0.05) is 6.07 Å². The fourth-order valence-corrected chi connectivity index (χ4v) is 2.93. The van der Waals surface area contributed by atoms with E-state index in [1.54, 1.807) is 6.20 Å². The molecule has 0 bridgehead atoms. The Morgan fingerprint density at radius 1 is 1.08 bits per heavy atom. The minimum absolute atomic E-state index is 0.301. The van der Waals surface area contributed by atoms with Crippen LogP contribution in [0.1, 0.15) is 0 Å². The molecule has 0 unspecified atom stereocenters. The van der Waals surface area contributed by atoms with Crippen LogP contribution in [0.15, 0.2) is 48.7 Å². The van der Waals surface area contributed by atoms with E-state index < -0.39 is 0 Å². The van der Waals surface area contributed by atoms with Crippen LogP contribution in [-0.2, 0) is 4.74 Å². The molecule has 8 heteroatoms.